The van der Waals surface area contributed by atoms with Gasteiger partial charge in [0, 0.05) is 6.54 Å². The summed E-state index contributed by atoms with van der Waals surface area (Å²) in [5, 5.41) is 2.10. The molecule has 0 heterocycles. The first kappa shape index (κ1) is 23.2. The number of carbonyl (C=O) groups is 1. The number of ether oxygens (including phenoxy) is 2. The maximum absolute atomic E-state index is 12.6. The molecule has 0 fully saturated rings. The SMILES string of the molecule is Cc1ccc(S(=O)(=O)OCCOCCNC(=O)OC(C)(C)C(F)(F)F)cc1. The van der Waals surface area contributed by atoms with Crippen LogP contribution in [0.15, 0.2) is 29.2 Å². The van der Waals surface area contributed by atoms with Gasteiger partial charge >= 0.3 is 12.3 Å². The van der Waals surface area contributed by atoms with Gasteiger partial charge < -0.3 is 14.8 Å². The third-order valence-corrected chi connectivity index (χ3v) is 4.65. The molecule has 0 atom stereocenters. The Labute approximate surface area is 155 Å². The van der Waals surface area contributed by atoms with Crippen LogP contribution in [-0.4, -0.2) is 52.7 Å². The van der Waals surface area contributed by atoms with Crippen LogP contribution in [0.25, 0.3) is 0 Å². The van der Waals surface area contributed by atoms with Crippen molar-refractivity contribution in [2.75, 3.05) is 26.4 Å². The van der Waals surface area contributed by atoms with Crippen molar-refractivity contribution in [3.05, 3.63) is 29.8 Å². The minimum absolute atomic E-state index is 0.0183. The van der Waals surface area contributed by atoms with Gasteiger partial charge in [-0.2, -0.15) is 21.6 Å². The van der Waals surface area contributed by atoms with E-state index in [1.807, 2.05) is 6.92 Å². The van der Waals surface area contributed by atoms with E-state index in [1.165, 1.54) is 12.1 Å². The lowest BCUT2D eigenvalue weighted by Crippen LogP contribution is -2.46. The molecule has 7 nitrogen and oxygen atoms in total. The van der Waals surface area contributed by atoms with Crippen molar-refractivity contribution >= 4 is 16.2 Å². The molecule has 0 unspecified atom stereocenters. The Hall–Kier alpha value is -1.85. The first-order chi connectivity index (χ1) is 12.3. The Morgan fingerprint density at radius 1 is 1.07 bits per heavy atom. The molecule has 0 aromatic heterocycles. The van der Waals surface area contributed by atoms with E-state index in [-0.39, 0.29) is 31.3 Å². The molecule has 0 aliphatic carbocycles. The summed E-state index contributed by atoms with van der Waals surface area (Å²) in [5.74, 6) is 0. The molecule has 1 aromatic rings. The number of benzene rings is 1. The molecular formula is C16H22F3NO6S. The largest absolute Gasteiger partial charge is 0.434 e. The lowest BCUT2D eigenvalue weighted by molar-refractivity contribution is -0.243. The molecule has 0 aliphatic rings. The minimum Gasteiger partial charge on any atom is -0.434 e. The Balaban J connectivity index is 2.22. The van der Waals surface area contributed by atoms with Gasteiger partial charge in [-0.1, -0.05) is 17.7 Å². The van der Waals surface area contributed by atoms with Gasteiger partial charge in [-0.25, -0.2) is 4.79 Å². The van der Waals surface area contributed by atoms with Crippen molar-refractivity contribution in [2.24, 2.45) is 0 Å². The number of hydrogen-bond donors (Lipinski definition) is 1. The van der Waals surface area contributed by atoms with Gasteiger partial charge in [-0.15, -0.1) is 0 Å². The van der Waals surface area contributed by atoms with Crippen molar-refractivity contribution in [1.82, 2.24) is 5.32 Å². The highest BCUT2D eigenvalue weighted by atomic mass is 32.2. The molecule has 11 heteroatoms. The number of carbonyl (C=O) groups excluding carboxylic acids is 1. The standard InChI is InChI=1S/C16H22F3NO6S/c1-12-4-6-13(7-5-12)27(22,23)25-11-10-24-9-8-20-14(21)26-15(2,3)16(17,18)19/h4-7H,8-11H2,1-3H3,(H,20,21). The quantitative estimate of drug-likeness (QED) is 0.495. The Morgan fingerprint density at radius 2 is 1.67 bits per heavy atom. The van der Waals surface area contributed by atoms with Crippen molar-refractivity contribution in [3.8, 4) is 0 Å². The molecule has 1 aromatic carbocycles. The summed E-state index contributed by atoms with van der Waals surface area (Å²) in [7, 11) is -3.89. The first-order valence-electron chi connectivity index (χ1n) is 7.92. The smallest absolute Gasteiger partial charge is 0.427 e. The zero-order valence-corrected chi connectivity index (χ0v) is 15.9. The highest BCUT2D eigenvalue weighted by molar-refractivity contribution is 7.86. The average Bonchev–Trinajstić information content (AvgIpc) is 2.52. The Kier molecular flexibility index (Phi) is 8.05. The lowest BCUT2D eigenvalue weighted by atomic mass is 10.1. The van der Waals surface area contributed by atoms with Crippen LogP contribution >= 0.6 is 0 Å². The molecule has 0 saturated heterocycles. The number of alkyl carbamates (subject to hydrolysis) is 1. The van der Waals surface area contributed by atoms with E-state index in [4.69, 9.17) is 8.92 Å². The van der Waals surface area contributed by atoms with Crippen molar-refractivity contribution < 1.29 is 40.0 Å². The number of nitrogens with one attached hydrogen (secondary N) is 1. The normalized spacial score (nSPS) is 12.7. The van der Waals surface area contributed by atoms with Crippen LogP contribution in [0, 0.1) is 6.92 Å². The van der Waals surface area contributed by atoms with Gasteiger partial charge in [0.1, 0.15) is 0 Å². The third-order valence-electron chi connectivity index (χ3n) is 3.32. The van der Waals surface area contributed by atoms with Crippen LogP contribution in [0.1, 0.15) is 19.4 Å². The van der Waals surface area contributed by atoms with Crippen LogP contribution in [-0.2, 0) is 23.8 Å². The van der Waals surface area contributed by atoms with Gasteiger partial charge in [-0.3, -0.25) is 4.18 Å². The zero-order chi connectivity index (χ0) is 20.7. The van der Waals surface area contributed by atoms with Crippen molar-refractivity contribution in [3.63, 3.8) is 0 Å². The van der Waals surface area contributed by atoms with E-state index in [9.17, 15) is 26.4 Å². The summed E-state index contributed by atoms with van der Waals surface area (Å²) >= 11 is 0. The number of rotatable bonds is 9. The summed E-state index contributed by atoms with van der Waals surface area (Å²) in [4.78, 5) is 11.3. The molecule has 0 bridgehead atoms. The van der Waals surface area contributed by atoms with Crippen molar-refractivity contribution in [2.45, 2.75) is 37.4 Å². The third kappa shape index (κ3) is 7.73. The zero-order valence-electron chi connectivity index (χ0n) is 15.1. The second-order valence-corrected chi connectivity index (χ2v) is 7.64. The van der Waals surface area contributed by atoms with Crippen LogP contribution in [0.4, 0.5) is 18.0 Å². The summed E-state index contributed by atoms with van der Waals surface area (Å²) in [6.45, 7) is 2.77. The van der Waals surface area contributed by atoms with Gasteiger partial charge in [0.05, 0.1) is 24.7 Å². The van der Waals surface area contributed by atoms with E-state index in [2.05, 4.69) is 10.1 Å². The van der Waals surface area contributed by atoms with Crippen LogP contribution in [0.3, 0.4) is 0 Å². The second kappa shape index (κ2) is 9.38. The molecule has 1 rings (SSSR count). The predicted octanol–water partition coefficient (Wildman–Crippen LogP) is 2.78. The highest BCUT2D eigenvalue weighted by Crippen LogP contribution is 2.32. The Morgan fingerprint density at radius 3 is 2.22 bits per heavy atom. The van der Waals surface area contributed by atoms with Gasteiger partial charge in [0.15, 0.2) is 0 Å². The molecule has 0 saturated carbocycles. The monoisotopic (exact) mass is 413 g/mol. The summed E-state index contributed by atoms with van der Waals surface area (Å²) in [6.07, 6.45) is -5.93. The molecule has 27 heavy (non-hydrogen) atoms. The fraction of sp³-hybridized carbons (Fsp3) is 0.562. The van der Waals surface area contributed by atoms with Crippen LogP contribution < -0.4 is 5.32 Å². The average molecular weight is 413 g/mol. The van der Waals surface area contributed by atoms with Crippen LogP contribution in [0.5, 0.6) is 0 Å². The number of amides is 1. The fourth-order valence-corrected chi connectivity index (χ4v) is 2.52. The minimum atomic E-state index is -4.69. The summed E-state index contributed by atoms with van der Waals surface area (Å²) < 4.78 is 75.6. The van der Waals surface area contributed by atoms with E-state index < -0.39 is 28.0 Å². The summed E-state index contributed by atoms with van der Waals surface area (Å²) in [6, 6.07) is 6.11. The number of halogens is 3. The number of aryl methyl sites for hydroxylation is 1. The topological polar surface area (TPSA) is 90.9 Å². The van der Waals surface area contributed by atoms with E-state index in [0.717, 1.165) is 19.4 Å². The lowest BCUT2D eigenvalue weighted by Gasteiger charge is -2.27. The van der Waals surface area contributed by atoms with Gasteiger partial charge in [0.25, 0.3) is 10.1 Å². The Bertz CT molecular complexity index is 717. The molecule has 1 amide bonds. The molecule has 154 valence electrons. The fourth-order valence-electron chi connectivity index (χ4n) is 1.63. The maximum atomic E-state index is 12.6. The van der Waals surface area contributed by atoms with Crippen molar-refractivity contribution in [1.29, 1.82) is 0 Å². The maximum Gasteiger partial charge on any atom is 0.427 e. The van der Waals surface area contributed by atoms with Gasteiger partial charge in [0.2, 0.25) is 5.60 Å². The highest BCUT2D eigenvalue weighted by Gasteiger charge is 2.50. The van der Waals surface area contributed by atoms with Crippen LogP contribution in [0.2, 0.25) is 0 Å². The van der Waals surface area contributed by atoms with E-state index >= 15 is 0 Å². The molecule has 1 N–H and O–H groups in total. The van der Waals surface area contributed by atoms with E-state index in [1.54, 1.807) is 12.1 Å². The molecule has 0 spiro atoms. The van der Waals surface area contributed by atoms with Gasteiger partial charge in [-0.05, 0) is 32.9 Å². The molecular weight excluding hydrogens is 391 g/mol. The molecule has 0 radical (unpaired) electrons. The number of alkyl halides is 3. The first-order valence-corrected chi connectivity index (χ1v) is 9.33. The van der Waals surface area contributed by atoms with E-state index in [0.29, 0.717) is 0 Å². The second-order valence-electron chi connectivity index (χ2n) is 6.03. The predicted molar refractivity (Wildman–Crippen MR) is 89.8 cm³/mol. The number of hydrogen-bond acceptors (Lipinski definition) is 6. The summed E-state index contributed by atoms with van der Waals surface area (Å²) in [5.41, 5.74) is -1.71. The molecule has 0 aliphatic heterocycles.